The molecule has 256 valence electrons. The third kappa shape index (κ3) is 14.2. The third-order valence-electron chi connectivity index (χ3n) is 7.54. The molecule has 47 heavy (non-hydrogen) atoms. The number of aromatic nitrogens is 1. The molecule has 3 atom stereocenters. The van der Waals surface area contributed by atoms with Crippen LogP contribution in [0.5, 0.6) is 5.75 Å². The quantitative estimate of drug-likeness (QED) is 0.0848. The molecule has 0 saturated carbocycles. The first-order valence-corrected chi connectivity index (χ1v) is 15.8. The van der Waals surface area contributed by atoms with Gasteiger partial charge in [-0.3, -0.25) is 19.4 Å². The van der Waals surface area contributed by atoms with E-state index >= 15 is 0 Å². The van der Waals surface area contributed by atoms with Crippen molar-refractivity contribution in [3.8, 4) is 5.75 Å². The second-order valence-electron chi connectivity index (χ2n) is 12.0. The summed E-state index contributed by atoms with van der Waals surface area (Å²) in [6, 6.07) is 10.6. The fourth-order valence-electron chi connectivity index (χ4n) is 4.81. The van der Waals surface area contributed by atoms with Crippen molar-refractivity contribution in [2.45, 2.75) is 89.7 Å². The Morgan fingerprint density at radius 2 is 1.66 bits per heavy atom. The number of rotatable bonds is 23. The number of carbonyl (C=O) groups excluding carboxylic acids is 2. The first kappa shape index (κ1) is 38.6. The van der Waals surface area contributed by atoms with Gasteiger partial charge in [0.1, 0.15) is 17.6 Å². The number of aliphatic carboxylic acids is 3. The smallest absolute Gasteiger partial charge is 0.337 e. The number of pyridine rings is 1. The number of ether oxygens (including phenoxy) is 1. The molecule has 0 radical (unpaired) electrons. The van der Waals surface area contributed by atoms with Crippen LogP contribution in [0.4, 0.5) is 0 Å². The Balaban J connectivity index is 2.01. The summed E-state index contributed by atoms with van der Waals surface area (Å²) in [5, 5.41) is 42.1. The summed E-state index contributed by atoms with van der Waals surface area (Å²) in [7, 11) is 0. The number of ketones is 1. The molecule has 12 nitrogen and oxygen atoms in total. The lowest BCUT2D eigenvalue weighted by Gasteiger charge is -2.29. The van der Waals surface area contributed by atoms with Crippen LogP contribution in [0.1, 0.15) is 76.5 Å². The predicted molar refractivity (Wildman–Crippen MR) is 173 cm³/mol. The monoisotopic (exact) mass is 654 g/mol. The van der Waals surface area contributed by atoms with Gasteiger partial charge in [0.2, 0.25) is 5.91 Å². The highest BCUT2D eigenvalue weighted by Crippen LogP contribution is 2.26. The van der Waals surface area contributed by atoms with E-state index in [-0.39, 0.29) is 18.6 Å². The highest BCUT2D eigenvalue weighted by molar-refractivity contribution is 5.94. The number of carboxylic acids is 3. The van der Waals surface area contributed by atoms with Gasteiger partial charge >= 0.3 is 17.9 Å². The van der Waals surface area contributed by atoms with Crippen LogP contribution in [0, 0.1) is 11.8 Å². The SMILES string of the molecule is CC(C)CCOc1ccc(C[C@H](NC(=O)[C@@H](/C=C/CCCCCCC(=O)Cc2ccccn2)[C@@](O)(CC(=O)O)C(=O)O)C(=O)O)cc1. The van der Waals surface area contributed by atoms with Gasteiger partial charge in [0.15, 0.2) is 5.60 Å². The van der Waals surface area contributed by atoms with Crippen molar-refractivity contribution in [3.63, 3.8) is 0 Å². The lowest BCUT2D eigenvalue weighted by molar-refractivity contribution is -0.172. The number of unbranched alkanes of at least 4 members (excludes halogenated alkanes) is 4. The van der Waals surface area contributed by atoms with Gasteiger partial charge in [-0.2, -0.15) is 0 Å². The van der Waals surface area contributed by atoms with Gasteiger partial charge in [-0.25, -0.2) is 9.59 Å². The molecule has 1 aromatic heterocycles. The van der Waals surface area contributed by atoms with E-state index in [1.807, 2.05) is 6.07 Å². The van der Waals surface area contributed by atoms with Gasteiger partial charge in [-0.05, 0) is 61.4 Å². The molecule has 0 aliphatic heterocycles. The van der Waals surface area contributed by atoms with Crippen molar-refractivity contribution in [2.75, 3.05) is 6.61 Å². The first-order valence-electron chi connectivity index (χ1n) is 15.8. The Bertz CT molecular complexity index is 1340. The van der Waals surface area contributed by atoms with Crippen LogP contribution >= 0.6 is 0 Å². The summed E-state index contributed by atoms with van der Waals surface area (Å²) in [6.45, 7) is 4.68. The van der Waals surface area contributed by atoms with Gasteiger partial charge in [0, 0.05) is 31.2 Å². The number of allylic oxidation sites excluding steroid dienone is 1. The molecule has 0 aliphatic carbocycles. The van der Waals surface area contributed by atoms with Crippen molar-refractivity contribution >= 4 is 29.6 Å². The maximum Gasteiger partial charge on any atom is 0.337 e. The number of nitrogens with one attached hydrogen (secondary N) is 1. The Kier molecular flexibility index (Phi) is 16.3. The van der Waals surface area contributed by atoms with E-state index in [1.54, 1.807) is 42.6 Å². The zero-order chi connectivity index (χ0) is 34.8. The van der Waals surface area contributed by atoms with Crippen molar-refractivity contribution in [3.05, 3.63) is 72.1 Å². The summed E-state index contributed by atoms with van der Waals surface area (Å²) in [5.74, 6) is -6.84. The van der Waals surface area contributed by atoms with Crippen LogP contribution in [-0.2, 0) is 36.8 Å². The maximum absolute atomic E-state index is 13.3. The van der Waals surface area contributed by atoms with Crippen LogP contribution in [0.15, 0.2) is 60.8 Å². The third-order valence-corrected chi connectivity index (χ3v) is 7.54. The zero-order valence-electron chi connectivity index (χ0n) is 27.0. The Morgan fingerprint density at radius 3 is 2.26 bits per heavy atom. The molecule has 12 heteroatoms. The molecule has 1 aromatic carbocycles. The van der Waals surface area contributed by atoms with Crippen LogP contribution < -0.4 is 10.1 Å². The Morgan fingerprint density at radius 1 is 0.957 bits per heavy atom. The molecule has 0 saturated heterocycles. The van der Waals surface area contributed by atoms with Crippen LogP contribution in [0.2, 0.25) is 0 Å². The fraction of sp³-hybridized carbons (Fsp3) is 0.486. The van der Waals surface area contributed by atoms with E-state index in [4.69, 9.17) is 4.74 Å². The molecular weight excluding hydrogens is 608 g/mol. The molecule has 0 bridgehead atoms. The van der Waals surface area contributed by atoms with E-state index < -0.39 is 47.8 Å². The van der Waals surface area contributed by atoms with Crippen LogP contribution in [-0.4, -0.2) is 73.3 Å². The number of Topliss-reactive ketones (excluding diaryl/α,β-unsaturated/α-hetero) is 1. The Hall–Kier alpha value is -4.58. The minimum atomic E-state index is -3.03. The second-order valence-corrected chi connectivity index (χ2v) is 12.0. The van der Waals surface area contributed by atoms with E-state index in [1.165, 1.54) is 6.08 Å². The number of benzene rings is 1. The molecule has 1 amide bonds. The Labute approximate surface area is 274 Å². The topological polar surface area (TPSA) is 200 Å². The molecule has 0 spiro atoms. The van der Waals surface area contributed by atoms with Crippen molar-refractivity contribution in [1.82, 2.24) is 10.3 Å². The zero-order valence-corrected chi connectivity index (χ0v) is 27.0. The molecule has 5 N–H and O–H groups in total. The maximum atomic E-state index is 13.3. The number of carbonyl (C=O) groups is 5. The minimum Gasteiger partial charge on any atom is -0.494 e. The van der Waals surface area contributed by atoms with Gasteiger partial charge < -0.3 is 30.5 Å². The number of hydrogen-bond donors (Lipinski definition) is 5. The lowest BCUT2D eigenvalue weighted by atomic mass is 9.82. The number of hydrogen-bond acceptors (Lipinski definition) is 8. The summed E-state index contributed by atoms with van der Waals surface area (Å²) >= 11 is 0. The van der Waals surface area contributed by atoms with Gasteiger partial charge in [0.05, 0.1) is 18.9 Å². The summed E-state index contributed by atoms with van der Waals surface area (Å²) in [5.41, 5.74) is -1.76. The van der Waals surface area contributed by atoms with Crippen molar-refractivity contribution in [2.24, 2.45) is 11.8 Å². The molecule has 0 aliphatic rings. The van der Waals surface area contributed by atoms with E-state index in [0.717, 1.165) is 31.0 Å². The largest absolute Gasteiger partial charge is 0.494 e. The normalized spacial score (nSPS) is 13.9. The van der Waals surface area contributed by atoms with Gasteiger partial charge in [0.25, 0.3) is 0 Å². The predicted octanol–water partition coefficient (Wildman–Crippen LogP) is 4.23. The molecule has 0 unspecified atom stereocenters. The summed E-state index contributed by atoms with van der Waals surface area (Å²) in [4.78, 5) is 65.2. The minimum absolute atomic E-state index is 0.0895. The molecule has 2 rings (SSSR count). The lowest BCUT2D eigenvalue weighted by Crippen LogP contribution is -2.55. The standard InChI is InChI=1S/C35H46N2O10/c1-24(2)18-20-47-28-16-14-25(15-17-28)21-30(33(42)43)37-32(41)29(35(46,34(44)45)23-31(39)40)13-8-6-4-3-5-7-12-27(38)22-26-11-9-10-19-36-26/h8-11,13-17,19,24,29-30,46H,3-7,12,18,20-23H2,1-2H3,(H,37,41)(H,39,40)(H,42,43)(H,44,45)/b13-8+/t29-,30+,35+/m1/s1. The average Bonchev–Trinajstić information content (AvgIpc) is 3.00. The summed E-state index contributed by atoms with van der Waals surface area (Å²) < 4.78 is 5.67. The number of amides is 1. The van der Waals surface area contributed by atoms with Gasteiger partial charge in [-0.1, -0.05) is 57.0 Å². The molecule has 0 fully saturated rings. The van der Waals surface area contributed by atoms with E-state index in [2.05, 4.69) is 24.1 Å². The van der Waals surface area contributed by atoms with Crippen molar-refractivity contribution in [1.29, 1.82) is 0 Å². The second kappa shape index (κ2) is 19.8. The first-order chi connectivity index (χ1) is 22.3. The van der Waals surface area contributed by atoms with E-state index in [0.29, 0.717) is 49.5 Å². The highest BCUT2D eigenvalue weighted by Gasteiger charge is 2.49. The molecule has 2 aromatic rings. The molecule has 1 heterocycles. The average molecular weight is 655 g/mol. The van der Waals surface area contributed by atoms with Crippen molar-refractivity contribution < 1.29 is 49.1 Å². The number of carboxylic acid groups (broad SMARTS) is 3. The van der Waals surface area contributed by atoms with Gasteiger partial charge in [-0.15, -0.1) is 0 Å². The molecular formula is C35H46N2O10. The fourth-order valence-corrected chi connectivity index (χ4v) is 4.81. The number of nitrogens with zero attached hydrogens (tertiary/aromatic N) is 1. The van der Waals surface area contributed by atoms with Crippen LogP contribution in [0.25, 0.3) is 0 Å². The van der Waals surface area contributed by atoms with E-state index in [9.17, 15) is 44.4 Å². The van der Waals surface area contributed by atoms with Crippen LogP contribution in [0.3, 0.4) is 0 Å². The highest BCUT2D eigenvalue weighted by atomic mass is 16.5. The number of aliphatic hydroxyl groups is 1. The summed E-state index contributed by atoms with van der Waals surface area (Å²) in [6.07, 6.45) is 7.52.